The summed E-state index contributed by atoms with van der Waals surface area (Å²) >= 11 is 0. The Morgan fingerprint density at radius 1 is 0.960 bits per heavy atom. The highest BCUT2D eigenvalue weighted by atomic mass is 16.7. The molecule has 0 N–H and O–H groups in total. The van der Waals surface area contributed by atoms with Crippen LogP contribution in [0.5, 0.6) is 11.5 Å². The van der Waals surface area contributed by atoms with Gasteiger partial charge >= 0.3 is 0 Å². The highest BCUT2D eigenvalue weighted by Crippen LogP contribution is 2.32. The van der Waals surface area contributed by atoms with E-state index in [0.29, 0.717) is 49.8 Å². The van der Waals surface area contributed by atoms with E-state index in [4.69, 9.17) is 14.2 Å². The van der Waals surface area contributed by atoms with Gasteiger partial charge in [-0.2, -0.15) is 0 Å². The van der Waals surface area contributed by atoms with Crippen LogP contribution in [0, 0.1) is 0 Å². The Kier molecular flexibility index (Phi) is 4.48. The topological polar surface area (TPSA) is 68.3 Å². The predicted molar refractivity (Wildman–Crippen MR) is 88.6 cm³/mol. The summed E-state index contributed by atoms with van der Waals surface area (Å²) in [4.78, 5) is 28.9. The lowest BCUT2D eigenvalue weighted by atomic mass is 10.1. The molecule has 1 aromatic rings. The van der Waals surface area contributed by atoms with Gasteiger partial charge in [-0.3, -0.25) is 9.59 Å². The molecular weight excluding hydrogens is 324 g/mol. The summed E-state index contributed by atoms with van der Waals surface area (Å²) in [6.45, 7) is 3.25. The molecule has 0 bridgehead atoms. The van der Waals surface area contributed by atoms with Crippen LogP contribution in [-0.4, -0.2) is 67.3 Å². The lowest BCUT2D eigenvalue weighted by Crippen LogP contribution is -2.41. The molecule has 25 heavy (non-hydrogen) atoms. The second kappa shape index (κ2) is 6.92. The minimum atomic E-state index is -0.295. The van der Waals surface area contributed by atoms with Crippen molar-refractivity contribution >= 4 is 11.8 Å². The molecular formula is C18H22N2O5. The largest absolute Gasteiger partial charge is 0.454 e. The van der Waals surface area contributed by atoms with Crippen LogP contribution >= 0.6 is 0 Å². The third-order valence-electron chi connectivity index (χ3n) is 4.92. The van der Waals surface area contributed by atoms with Gasteiger partial charge in [-0.15, -0.1) is 0 Å². The first kappa shape index (κ1) is 16.2. The molecule has 2 saturated heterocycles. The average molecular weight is 346 g/mol. The molecule has 7 heteroatoms. The fraction of sp³-hybridized carbons (Fsp3) is 0.556. The molecule has 0 aromatic heterocycles. The van der Waals surface area contributed by atoms with Crippen molar-refractivity contribution in [3.8, 4) is 11.5 Å². The van der Waals surface area contributed by atoms with Crippen LogP contribution in [0.2, 0.25) is 0 Å². The summed E-state index contributed by atoms with van der Waals surface area (Å²) in [5, 5.41) is 0. The van der Waals surface area contributed by atoms with Crippen molar-refractivity contribution in [1.82, 2.24) is 9.80 Å². The van der Waals surface area contributed by atoms with E-state index in [2.05, 4.69) is 0 Å². The Morgan fingerprint density at radius 2 is 1.76 bits per heavy atom. The lowest BCUT2D eigenvalue weighted by molar-refractivity contribution is -0.140. The molecule has 2 amide bonds. The number of fused-ring (bicyclic) bond motifs is 1. The van der Waals surface area contributed by atoms with Gasteiger partial charge in [0.25, 0.3) is 11.8 Å². The zero-order valence-corrected chi connectivity index (χ0v) is 14.1. The van der Waals surface area contributed by atoms with E-state index >= 15 is 0 Å². The molecule has 1 unspecified atom stereocenters. The number of carbonyl (C=O) groups excluding carboxylic acids is 2. The van der Waals surface area contributed by atoms with E-state index < -0.39 is 0 Å². The Labute approximate surface area is 146 Å². The number of ether oxygens (including phenoxy) is 3. The van der Waals surface area contributed by atoms with Gasteiger partial charge in [-0.1, -0.05) is 0 Å². The maximum atomic E-state index is 12.8. The van der Waals surface area contributed by atoms with Crippen molar-refractivity contribution in [2.24, 2.45) is 0 Å². The fourth-order valence-corrected chi connectivity index (χ4v) is 3.53. The number of nitrogens with zero attached hydrogens (tertiary/aromatic N) is 2. The van der Waals surface area contributed by atoms with Gasteiger partial charge < -0.3 is 24.0 Å². The van der Waals surface area contributed by atoms with Gasteiger partial charge in [0.2, 0.25) is 6.79 Å². The van der Waals surface area contributed by atoms with Crippen molar-refractivity contribution in [2.75, 3.05) is 39.6 Å². The molecule has 0 spiro atoms. The Morgan fingerprint density at radius 3 is 2.60 bits per heavy atom. The molecule has 134 valence electrons. The highest BCUT2D eigenvalue weighted by Gasteiger charge is 2.30. The molecule has 1 atom stereocenters. The van der Waals surface area contributed by atoms with Gasteiger partial charge in [0.05, 0.1) is 0 Å². The first-order valence-corrected chi connectivity index (χ1v) is 8.82. The molecule has 3 aliphatic rings. The minimum absolute atomic E-state index is 0.0373. The summed E-state index contributed by atoms with van der Waals surface area (Å²) in [6, 6.07) is 5.25. The van der Waals surface area contributed by atoms with E-state index in [1.54, 1.807) is 23.1 Å². The molecule has 2 fully saturated rings. The molecule has 4 rings (SSSR count). The smallest absolute Gasteiger partial charge is 0.254 e. The zero-order chi connectivity index (χ0) is 17.2. The zero-order valence-electron chi connectivity index (χ0n) is 14.1. The summed E-state index contributed by atoms with van der Waals surface area (Å²) in [7, 11) is 0. The number of hydrogen-bond donors (Lipinski definition) is 0. The monoisotopic (exact) mass is 346 g/mol. The fourth-order valence-electron chi connectivity index (χ4n) is 3.53. The van der Waals surface area contributed by atoms with Crippen LogP contribution in [0.25, 0.3) is 0 Å². The maximum Gasteiger partial charge on any atom is 0.254 e. The van der Waals surface area contributed by atoms with Crippen LogP contribution in [0.1, 0.15) is 29.6 Å². The van der Waals surface area contributed by atoms with Crippen LogP contribution in [-0.2, 0) is 9.53 Å². The molecule has 1 aromatic carbocycles. The Hall–Kier alpha value is -2.28. The Balaban J connectivity index is 1.40. The van der Waals surface area contributed by atoms with Crippen LogP contribution in [0.4, 0.5) is 0 Å². The van der Waals surface area contributed by atoms with Crippen LogP contribution < -0.4 is 9.47 Å². The van der Waals surface area contributed by atoms with Gasteiger partial charge in [-0.25, -0.2) is 0 Å². The molecule has 0 saturated carbocycles. The molecule has 3 heterocycles. The van der Waals surface area contributed by atoms with E-state index in [-0.39, 0.29) is 24.7 Å². The third kappa shape index (κ3) is 3.28. The average Bonchev–Trinajstić information content (AvgIpc) is 3.27. The molecule has 0 aliphatic carbocycles. The standard InChI is InChI=1S/C18H22N2O5/c21-17(13-4-5-14-16(11-13)25-12-24-14)19-6-2-7-20(9-8-19)18(22)15-3-1-10-23-15/h4-5,11,15H,1-3,6-10,12H2. The van der Waals surface area contributed by atoms with Gasteiger partial charge in [0.15, 0.2) is 11.5 Å². The number of amides is 2. The van der Waals surface area contributed by atoms with Gasteiger partial charge in [0, 0.05) is 38.3 Å². The maximum absolute atomic E-state index is 12.8. The summed E-state index contributed by atoms with van der Waals surface area (Å²) < 4.78 is 16.1. The summed E-state index contributed by atoms with van der Waals surface area (Å²) in [5.41, 5.74) is 0.586. The number of carbonyl (C=O) groups is 2. The van der Waals surface area contributed by atoms with Crippen molar-refractivity contribution in [3.05, 3.63) is 23.8 Å². The van der Waals surface area contributed by atoms with E-state index in [1.165, 1.54) is 0 Å². The highest BCUT2D eigenvalue weighted by molar-refractivity contribution is 5.95. The van der Waals surface area contributed by atoms with Gasteiger partial charge in [0.1, 0.15) is 6.10 Å². The summed E-state index contributed by atoms with van der Waals surface area (Å²) in [5.74, 6) is 1.30. The van der Waals surface area contributed by atoms with E-state index in [1.807, 2.05) is 4.90 Å². The first-order valence-electron chi connectivity index (χ1n) is 8.82. The van der Waals surface area contributed by atoms with Crippen LogP contribution in [0.15, 0.2) is 18.2 Å². The third-order valence-corrected chi connectivity index (χ3v) is 4.92. The lowest BCUT2D eigenvalue weighted by Gasteiger charge is -2.24. The number of rotatable bonds is 2. The van der Waals surface area contributed by atoms with Crippen LogP contribution in [0.3, 0.4) is 0 Å². The second-order valence-electron chi connectivity index (χ2n) is 6.54. The first-order chi connectivity index (χ1) is 12.2. The van der Waals surface area contributed by atoms with Crippen molar-refractivity contribution < 1.29 is 23.8 Å². The Bertz CT molecular complexity index is 671. The molecule has 3 aliphatic heterocycles. The summed E-state index contributed by atoms with van der Waals surface area (Å²) in [6.07, 6.45) is 2.22. The molecule has 0 radical (unpaired) electrons. The second-order valence-corrected chi connectivity index (χ2v) is 6.54. The molecule has 7 nitrogen and oxygen atoms in total. The normalized spacial score (nSPS) is 22.8. The predicted octanol–water partition coefficient (Wildman–Crippen LogP) is 1.27. The quantitative estimate of drug-likeness (QED) is 0.807. The SMILES string of the molecule is O=C(c1ccc2c(c1)OCO2)N1CCCN(C(=O)C2CCCO2)CC1. The van der Waals surface area contributed by atoms with Crippen molar-refractivity contribution in [1.29, 1.82) is 0 Å². The number of benzene rings is 1. The number of hydrogen-bond acceptors (Lipinski definition) is 5. The van der Waals surface area contributed by atoms with E-state index in [9.17, 15) is 9.59 Å². The minimum Gasteiger partial charge on any atom is -0.454 e. The van der Waals surface area contributed by atoms with Gasteiger partial charge in [-0.05, 0) is 37.5 Å². The van der Waals surface area contributed by atoms with E-state index in [0.717, 1.165) is 19.3 Å². The van der Waals surface area contributed by atoms with Crippen molar-refractivity contribution in [3.63, 3.8) is 0 Å². The van der Waals surface area contributed by atoms with Crippen molar-refractivity contribution in [2.45, 2.75) is 25.4 Å².